The topological polar surface area (TPSA) is 57.8 Å². The minimum atomic E-state index is -0.166. The van der Waals surface area contributed by atoms with Crippen LogP contribution >= 0.6 is 0 Å². The van der Waals surface area contributed by atoms with Gasteiger partial charge in [-0.1, -0.05) is 54.6 Å². The summed E-state index contributed by atoms with van der Waals surface area (Å²) in [6.45, 7) is 1.94. The number of carbonyl (C=O) groups excluding carboxylic acids is 1. The monoisotopic (exact) mass is 329 g/mol. The Hall–Kier alpha value is -3.14. The number of H-pyrrole nitrogens is 1. The molecule has 0 saturated carbocycles. The fourth-order valence-electron chi connectivity index (χ4n) is 3.07. The first kappa shape index (κ1) is 15.4. The molecule has 0 aliphatic rings. The van der Waals surface area contributed by atoms with Gasteiger partial charge in [0.15, 0.2) is 0 Å². The van der Waals surface area contributed by atoms with Crippen molar-refractivity contribution in [2.45, 2.75) is 19.4 Å². The molecule has 3 aromatic carbocycles. The van der Waals surface area contributed by atoms with Crippen LogP contribution in [0.5, 0.6) is 0 Å². The van der Waals surface area contributed by atoms with Crippen LogP contribution in [0.3, 0.4) is 0 Å². The lowest BCUT2D eigenvalue weighted by molar-refractivity contribution is -0.121. The van der Waals surface area contributed by atoms with Gasteiger partial charge >= 0.3 is 0 Å². The van der Waals surface area contributed by atoms with E-state index in [1.165, 1.54) is 5.39 Å². The van der Waals surface area contributed by atoms with Crippen LogP contribution in [0.2, 0.25) is 0 Å². The molecule has 124 valence electrons. The maximum atomic E-state index is 12.4. The van der Waals surface area contributed by atoms with Crippen LogP contribution in [0.4, 0.5) is 0 Å². The number of benzene rings is 3. The van der Waals surface area contributed by atoms with Gasteiger partial charge in [-0.15, -0.1) is 0 Å². The van der Waals surface area contributed by atoms with Gasteiger partial charge in [0.2, 0.25) is 5.91 Å². The molecular formula is C21H19N3O. The van der Waals surface area contributed by atoms with E-state index in [9.17, 15) is 4.79 Å². The van der Waals surface area contributed by atoms with Gasteiger partial charge in [0.25, 0.3) is 0 Å². The number of hydrogen-bond acceptors (Lipinski definition) is 2. The van der Waals surface area contributed by atoms with E-state index >= 15 is 0 Å². The first-order valence-electron chi connectivity index (χ1n) is 8.41. The molecule has 4 aromatic rings. The molecule has 4 rings (SSSR count). The van der Waals surface area contributed by atoms with Crippen molar-refractivity contribution in [1.82, 2.24) is 15.3 Å². The Morgan fingerprint density at radius 3 is 2.64 bits per heavy atom. The third kappa shape index (κ3) is 3.24. The number of imidazole rings is 1. The number of nitrogens with zero attached hydrogens (tertiary/aromatic N) is 1. The van der Waals surface area contributed by atoms with Gasteiger partial charge in [-0.05, 0) is 35.4 Å². The Labute approximate surface area is 145 Å². The van der Waals surface area contributed by atoms with Crippen LogP contribution in [-0.2, 0) is 11.2 Å². The Bertz CT molecular complexity index is 1020. The maximum Gasteiger partial charge on any atom is 0.224 e. The summed E-state index contributed by atoms with van der Waals surface area (Å²) in [5.74, 6) is 0.760. The van der Waals surface area contributed by atoms with Crippen molar-refractivity contribution >= 4 is 27.7 Å². The summed E-state index contributed by atoms with van der Waals surface area (Å²) in [6, 6.07) is 22.0. The number of hydrogen-bond donors (Lipinski definition) is 2. The third-order valence-corrected chi connectivity index (χ3v) is 4.37. The molecular weight excluding hydrogens is 310 g/mol. The predicted molar refractivity (Wildman–Crippen MR) is 100 cm³/mol. The predicted octanol–water partition coefficient (Wildman–Crippen LogP) is 4.14. The SMILES string of the molecule is CC(NC(=O)Cc1ccc2ccccc2c1)c1nc2ccccc2[nH]1. The molecule has 0 fully saturated rings. The van der Waals surface area contributed by atoms with E-state index in [1.807, 2.05) is 49.4 Å². The normalized spacial score (nSPS) is 12.4. The standard InChI is InChI=1S/C21H19N3O/c1-14(21-23-18-8-4-5-9-19(18)24-21)22-20(25)13-15-10-11-16-6-2-3-7-17(16)12-15/h2-12,14H,13H2,1H3,(H,22,25)(H,23,24). The van der Waals surface area contributed by atoms with Gasteiger partial charge in [-0.3, -0.25) is 4.79 Å². The minimum absolute atomic E-state index is 0.0109. The average Bonchev–Trinajstić information content (AvgIpc) is 3.06. The fourth-order valence-corrected chi connectivity index (χ4v) is 3.07. The molecule has 0 aliphatic carbocycles. The van der Waals surface area contributed by atoms with E-state index in [1.54, 1.807) is 0 Å². The molecule has 25 heavy (non-hydrogen) atoms. The molecule has 0 spiro atoms. The zero-order valence-corrected chi connectivity index (χ0v) is 14.0. The average molecular weight is 329 g/mol. The second-order valence-electron chi connectivity index (χ2n) is 6.29. The molecule has 4 nitrogen and oxygen atoms in total. The van der Waals surface area contributed by atoms with E-state index in [0.717, 1.165) is 27.8 Å². The molecule has 1 heterocycles. The van der Waals surface area contributed by atoms with Gasteiger partial charge in [0.1, 0.15) is 5.82 Å². The van der Waals surface area contributed by atoms with Crippen LogP contribution in [0.1, 0.15) is 24.4 Å². The van der Waals surface area contributed by atoms with Crippen LogP contribution in [0.25, 0.3) is 21.8 Å². The first-order chi connectivity index (χ1) is 12.2. The molecule has 0 aliphatic heterocycles. The van der Waals surface area contributed by atoms with E-state index in [2.05, 4.69) is 39.6 Å². The zero-order valence-electron chi connectivity index (χ0n) is 14.0. The van der Waals surface area contributed by atoms with Crippen molar-refractivity contribution in [3.63, 3.8) is 0 Å². The highest BCUT2D eigenvalue weighted by atomic mass is 16.1. The Morgan fingerprint density at radius 2 is 1.80 bits per heavy atom. The molecule has 2 N–H and O–H groups in total. The largest absolute Gasteiger partial charge is 0.346 e. The second-order valence-corrected chi connectivity index (χ2v) is 6.29. The number of para-hydroxylation sites is 2. The molecule has 1 unspecified atom stereocenters. The fraction of sp³-hybridized carbons (Fsp3) is 0.143. The lowest BCUT2D eigenvalue weighted by Crippen LogP contribution is -2.28. The highest BCUT2D eigenvalue weighted by molar-refractivity contribution is 5.85. The molecule has 1 atom stereocenters. The summed E-state index contributed by atoms with van der Waals surface area (Å²) in [5.41, 5.74) is 2.90. The first-order valence-corrected chi connectivity index (χ1v) is 8.41. The molecule has 0 saturated heterocycles. The molecule has 0 bridgehead atoms. The number of aromatic nitrogens is 2. The Morgan fingerprint density at radius 1 is 1.04 bits per heavy atom. The van der Waals surface area contributed by atoms with E-state index in [0.29, 0.717) is 6.42 Å². The van der Waals surface area contributed by atoms with Crippen molar-refractivity contribution in [2.24, 2.45) is 0 Å². The number of rotatable bonds is 4. The number of fused-ring (bicyclic) bond motifs is 2. The maximum absolute atomic E-state index is 12.4. The second kappa shape index (κ2) is 6.40. The molecule has 4 heteroatoms. The molecule has 1 amide bonds. The zero-order chi connectivity index (χ0) is 17.2. The Kier molecular flexibility index (Phi) is 3.94. The molecule has 0 radical (unpaired) electrons. The molecule has 1 aromatic heterocycles. The van der Waals surface area contributed by atoms with E-state index < -0.39 is 0 Å². The van der Waals surface area contributed by atoms with Gasteiger partial charge < -0.3 is 10.3 Å². The van der Waals surface area contributed by atoms with Crippen LogP contribution in [-0.4, -0.2) is 15.9 Å². The lowest BCUT2D eigenvalue weighted by atomic mass is 10.0. The minimum Gasteiger partial charge on any atom is -0.346 e. The summed E-state index contributed by atoms with van der Waals surface area (Å²) in [7, 11) is 0. The third-order valence-electron chi connectivity index (χ3n) is 4.37. The van der Waals surface area contributed by atoms with Crippen molar-refractivity contribution in [2.75, 3.05) is 0 Å². The highest BCUT2D eigenvalue weighted by Crippen LogP contribution is 2.17. The number of nitrogens with one attached hydrogen (secondary N) is 2. The van der Waals surface area contributed by atoms with Gasteiger partial charge in [0, 0.05) is 0 Å². The van der Waals surface area contributed by atoms with Crippen molar-refractivity contribution in [3.8, 4) is 0 Å². The van der Waals surface area contributed by atoms with Crippen molar-refractivity contribution < 1.29 is 4.79 Å². The summed E-state index contributed by atoms with van der Waals surface area (Å²) < 4.78 is 0. The number of amides is 1. The smallest absolute Gasteiger partial charge is 0.224 e. The Balaban J connectivity index is 1.46. The van der Waals surface area contributed by atoms with Gasteiger partial charge in [0.05, 0.1) is 23.5 Å². The summed E-state index contributed by atoms with van der Waals surface area (Å²) >= 11 is 0. The van der Waals surface area contributed by atoms with Crippen molar-refractivity contribution in [3.05, 3.63) is 78.1 Å². The summed E-state index contributed by atoms with van der Waals surface area (Å²) in [6.07, 6.45) is 0.357. The van der Waals surface area contributed by atoms with E-state index in [4.69, 9.17) is 0 Å². The van der Waals surface area contributed by atoms with E-state index in [-0.39, 0.29) is 11.9 Å². The van der Waals surface area contributed by atoms with Crippen LogP contribution in [0.15, 0.2) is 66.7 Å². The summed E-state index contributed by atoms with van der Waals surface area (Å²) in [4.78, 5) is 20.2. The quantitative estimate of drug-likeness (QED) is 0.591. The lowest BCUT2D eigenvalue weighted by Gasteiger charge is -2.11. The number of aromatic amines is 1. The van der Waals surface area contributed by atoms with Crippen molar-refractivity contribution in [1.29, 1.82) is 0 Å². The highest BCUT2D eigenvalue weighted by Gasteiger charge is 2.14. The van der Waals surface area contributed by atoms with Crippen LogP contribution in [0, 0.1) is 0 Å². The van der Waals surface area contributed by atoms with Crippen LogP contribution < -0.4 is 5.32 Å². The summed E-state index contributed by atoms with van der Waals surface area (Å²) in [5, 5.41) is 5.35. The number of carbonyl (C=O) groups is 1. The van der Waals surface area contributed by atoms with Gasteiger partial charge in [-0.25, -0.2) is 4.98 Å². The van der Waals surface area contributed by atoms with Gasteiger partial charge in [-0.2, -0.15) is 0 Å².